The van der Waals surface area contributed by atoms with Crippen LogP contribution >= 0.6 is 0 Å². The average molecular weight is 521 g/mol. The molecule has 0 bridgehead atoms. The molecule has 3 rings (SSSR count). The average Bonchev–Trinajstić information content (AvgIpc) is 2.86. The van der Waals surface area contributed by atoms with Crippen molar-refractivity contribution < 1.29 is 14.6 Å². The molecule has 9 nitrogen and oxygen atoms in total. The number of amides is 1. The second-order valence-corrected chi connectivity index (χ2v) is 9.69. The van der Waals surface area contributed by atoms with Crippen LogP contribution in [-0.2, 0) is 9.53 Å². The molecule has 0 unspecified atom stereocenters. The number of amidine groups is 2. The fraction of sp³-hybridized carbons (Fsp3) is 0.414. The second kappa shape index (κ2) is 13.6. The molecule has 0 saturated carbocycles. The topological polar surface area (TPSA) is 93.0 Å². The lowest BCUT2D eigenvalue weighted by atomic mass is 10.1. The molecule has 1 heterocycles. The lowest BCUT2D eigenvalue weighted by Gasteiger charge is -2.35. The molecule has 2 aromatic carbocycles. The third kappa shape index (κ3) is 8.34. The van der Waals surface area contributed by atoms with Crippen molar-refractivity contribution in [3.05, 3.63) is 60.8 Å². The highest BCUT2D eigenvalue weighted by Gasteiger charge is 2.21. The molecule has 38 heavy (non-hydrogen) atoms. The number of allylic oxidation sites excluding steroid dienone is 1. The monoisotopic (exact) mass is 520 g/mol. The van der Waals surface area contributed by atoms with E-state index in [1.54, 1.807) is 24.3 Å². The summed E-state index contributed by atoms with van der Waals surface area (Å²) in [4.78, 5) is 27.5. The molecule has 0 spiro atoms. The number of hydrogen-bond acceptors (Lipinski definition) is 6. The van der Waals surface area contributed by atoms with E-state index in [0.29, 0.717) is 45.0 Å². The molecule has 1 aliphatic rings. The number of carbonyl (C=O) groups is 1. The number of aromatic hydroxyl groups is 1. The SMILES string of the molecule is C=C(CNc1cc(O)cc2ccccc12)/N=C(\N=C(/C)N1CCN(C(=O)/C=C/C)CC1)O[C@H](C)CN(C)C. The minimum absolute atomic E-state index is 0.0353. The van der Waals surface area contributed by atoms with Crippen LogP contribution in [0.15, 0.2) is 70.8 Å². The van der Waals surface area contributed by atoms with Gasteiger partial charge in [0.1, 0.15) is 17.7 Å². The summed E-state index contributed by atoms with van der Waals surface area (Å²) in [5.74, 6) is 1.00. The van der Waals surface area contributed by atoms with Gasteiger partial charge in [0.2, 0.25) is 5.91 Å². The number of phenolic OH excluding ortho intramolecular Hbond substituents is 1. The molecule has 204 valence electrons. The summed E-state index contributed by atoms with van der Waals surface area (Å²) in [7, 11) is 3.98. The van der Waals surface area contributed by atoms with Crippen molar-refractivity contribution in [1.29, 1.82) is 0 Å². The van der Waals surface area contributed by atoms with Crippen molar-refractivity contribution in [2.45, 2.75) is 26.9 Å². The van der Waals surface area contributed by atoms with Crippen molar-refractivity contribution in [3.8, 4) is 5.75 Å². The smallest absolute Gasteiger partial charge is 0.318 e. The van der Waals surface area contributed by atoms with Gasteiger partial charge in [-0.3, -0.25) is 4.79 Å². The first-order valence-electron chi connectivity index (χ1n) is 12.9. The van der Waals surface area contributed by atoms with Gasteiger partial charge in [0.05, 0.1) is 12.2 Å². The Bertz CT molecular complexity index is 1210. The van der Waals surface area contributed by atoms with Crippen molar-refractivity contribution in [1.82, 2.24) is 14.7 Å². The molecule has 1 fully saturated rings. The zero-order valence-electron chi connectivity index (χ0n) is 23.1. The first kappa shape index (κ1) is 28.7. The summed E-state index contributed by atoms with van der Waals surface area (Å²) in [5, 5.41) is 15.4. The van der Waals surface area contributed by atoms with Gasteiger partial charge >= 0.3 is 6.02 Å². The van der Waals surface area contributed by atoms with Gasteiger partial charge < -0.3 is 29.9 Å². The Morgan fingerprint density at radius 3 is 2.55 bits per heavy atom. The predicted molar refractivity (Wildman–Crippen MR) is 156 cm³/mol. The van der Waals surface area contributed by atoms with E-state index in [1.165, 1.54) is 0 Å². The first-order chi connectivity index (χ1) is 18.2. The van der Waals surface area contributed by atoms with E-state index >= 15 is 0 Å². The van der Waals surface area contributed by atoms with Gasteiger partial charge in [0, 0.05) is 49.9 Å². The maximum atomic E-state index is 12.2. The Kier molecular flexibility index (Phi) is 10.3. The van der Waals surface area contributed by atoms with Crippen LogP contribution in [0.5, 0.6) is 5.75 Å². The standard InChI is InChI=1S/C29H40N6O3/c1-7-10-28(37)35-15-13-34(14-16-35)23(4)32-29(38-22(3)20-33(5)6)31-21(2)19-30-27-18-25(36)17-24-11-8-9-12-26(24)27/h7-12,17-18,22,30,36H,2,13-16,19-20H2,1,3-6H3/b10-7+,31-29+,32-23+/t22-/m1/s1. The Labute approximate surface area is 225 Å². The number of nitrogens with zero attached hydrogens (tertiary/aromatic N) is 5. The Morgan fingerprint density at radius 2 is 1.87 bits per heavy atom. The molecule has 9 heteroatoms. The van der Waals surface area contributed by atoms with Gasteiger partial charge in [-0.15, -0.1) is 0 Å². The van der Waals surface area contributed by atoms with Crippen LogP contribution in [-0.4, -0.2) is 97.0 Å². The van der Waals surface area contributed by atoms with Crippen LogP contribution in [0.4, 0.5) is 5.69 Å². The molecule has 2 N–H and O–H groups in total. The Hall–Kier alpha value is -3.85. The van der Waals surface area contributed by atoms with Crippen LogP contribution in [0.3, 0.4) is 0 Å². The van der Waals surface area contributed by atoms with Crippen molar-refractivity contribution in [2.75, 3.05) is 58.7 Å². The number of phenols is 1. The number of anilines is 1. The summed E-state index contributed by atoms with van der Waals surface area (Å²) in [5.41, 5.74) is 1.34. The Morgan fingerprint density at radius 1 is 1.18 bits per heavy atom. The van der Waals surface area contributed by atoms with Gasteiger partial charge in [0.15, 0.2) is 0 Å². The highest BCUT2D eigenvalue weighted by atomic mass is 16.5. The lowest BCUT2D eigenvalue weighted by molar-refractivity contribution is -0.127. The van der Waals surface area contributed by atoms with E-state index in [1.807, 2.05) is 68.9 Å². The number of fused-ring (bicyclic) bond motifs is 1. The second-order valence-electron chi connectivity index (χ2n) is 9.69. The summed E-state index contributed by atoms with van der Waals surface area (Å²) < 4.78 is 6.12. The molecular formula is C29H40N6O3. The van der Waals surface area contributed by atoms with Crippen LogP contribution in [0.2, 0.25) is 0 Å². The van der Waals surface area contributed by atoms with Crippen LogP contribution in [0.1, 0.15) is 20.8 Å². The van der Waals surface area contributed by atoms with E-state index in [9.17, 15) is 9.90 Å². The van der Waals surface area contributed by atoms with Crippen molar-refractivity contribution >= 4 is 34.2 Å². The predicted octanol–water partition coefficient (Wildman–Crippen LogP) is 3.93. The first-order valence-corrected chi connectivity index (χ1v) is 12.9. The molecule has 0 aromatic heterocycles. The van der Waals surface area contributed by atoms with Gasteiger partial charge in [0.25, 0.3) is 0 Å². The van der Waals surface area contributed by atoms with Gasteiger partial charge in [-0.25, -0.2) is 0 Å². The highest BCUT2D eigenvalue weighted by Crippen LogP contribution is 2.28. The van der Waals surface area contributed by atoms with Gasteiger partial charge in [-0.2, -0.15) is 9.98 Å². The van der Waals surface area contributed by atoms with E-state index in [0.717, 1.165) is 22.3 Å². The number of likely N-dealkylation sites (N-methyl/N-ethyl adjacent to an activating group) is 1. The van der Waals surface area contributed by atoms with E-state index < -0.39 is 0 Å². The molecule has 2 aromatic rings. The minimum atomic E-state index is -0.133. The number of nitrogens with one attached hydrogen (secondary N) is 1. The van der Waals surface area contributed by atoms with Crippen LogP contribution < -0.4 is 5.32 Å². The van der Waals surface area contributed by atoms with Gasteiger partial charge in [-0.05, 0) is 52.4 Å². The fourth-order valence-electron chi connectivity index (χ4n) is 4.33. The maximum absolute atomic E-state index is 12.2. The Balaban J connectivity index is 1.73. The fourth-order valence-corrected chi connectivity index (χ4v) is 4.33. The number of carbonyl (C=O) groups excluding carboxylic acids is 1. The zero-order chi connectivity index (χ0) is 27.7. The maximum Gasteiger partial charge on any atom is 0.318 e. The summed E-state index contributed by atoms with van der Waals surface area (Å²) in [6.07, 6.45) is 3.23. The molecule has 0 aliphatic carbocycles. The molecular weight excluding hydrogens is 480 g/mol. The van der Waals surface area contributed by atoms with E-state index in [-0.39, 0.29) is 23.8 Å². The third-order valence-corrected chi connectivity index (χ3v) is 6.13. The van der Waals surface area contributed by atoms with Crippen molar-refractivity contribution in [3.63, 3.8) is 0 Å². The van der Waals surface area contributed by atoms with E-state index in [2.05, 4.69) is 21.8 Å². The molecule has 1 atom stereocenters. The molecule has 0 radical (unpaired) electrons. The largest absolute Gasteiger partial charge is 0.508 e. The zero-order valence-corrected chi connectivity index (χ0v) is 23.1. The number of hydrogen-bond donors (Lipinski definition) is 2. The van der Waals surface area contributed by atoms with E-state index in [4.69, 9.17) is 9.73 Å². The summed E-state index contributed by atoms with van der Waals surface area (Å²) >= 11 is 0. The van der Waals surface area contributed by atoms with Crippen LogP contribution in [0, 0.1) is 0 Å². The highest BCUT2D eigenvalue weighted by molar-refractivity contribution is 5.95. The number of rotatable bonds is 8. The van der Waals surface area contributed by atoms with Crippen LogP contribution in [0.25, 0.3) is 10.8 Å². The molecule has 1 aliphatic heterocycles. The normalized spacial score (nSPS) is 15.8. The quantitative estimate of drug-likeness (QED) is 0.311. The third-order valence-electron chi connectivity index (χ3n) is 6.13. The van der Waals surface area contributed by atoms with Gasteiger partial charge in [-0.1, -0.05) is 36.9 Å². The summed E-state index contributed by atoms with van der Waals surface area (Å²) in [6, 6.07) is 11.5. The summed E-state index contributed by atoms with van der Waals surface area (Å²) in [6.45, 7) is 13.6. The minimum Gasteiger partial charge on any atom is -0.508 e. The number of ether oxygens (including phenoxy) is 1. The number of piperazine rings is 1. The number of aliphatic imine (C=N–C) groups is 2. The number of benzene rings is 2. The lowest BCUT2D eigenvalue weighted by Crippen LogP contribution is -2.49. The molecule has 1 saturated heterocycles. The van der Waals surface area contributed by atoms with Crippen molar-refractivity contribution in [2.24, 2.45) is 9.98 Å². The molecule has 1 amide bonds.